The molecule has 0 radical (unpaired) electrons. The lowest BCUT2D eigenvalue weighted by Crippen LogP contribution is -2.41. The number of carbonyl (C=O) groups is 2. The Morgan fingerprint density at radius 3 is 2.37 bits per heavy atom. The van der Waals surface area contributed by atoms with E-state index in [4.69, 9.17) is 12.2 Å². The van der Waals surface area contributed by atoms with E-state index in [0.717, 1.165) is 35.1 Å². The minimum Gasteiger partial charge on any atom is -0.328 e. The summed E-state index contributed by atoms with van der Waals surface area (Å²) in [5.74, 6) is -1.29. The lowest BCUT2D eigenvalue weighted by Gasteiger charge is -2.20. The molecule has 0 unspecified atom stereocenters. The first kappa shape index (κ1) is 22.4. The van der Waals surface area contributed by atoms with Crippen LogP contribution in [0.1, 0.15) is 5.56 Å². The maximum absolute atomic E-state index is 13.1. The van der Waals surface area contributed by atoms with Crippen molar-refractivity contribution in [3.05, 3.63) is 34.5 Å². The van der Waals surface area contributed by atoms with Crippen molar-refractivity contribution in [2.24, 2.45) is 0 Å². The second-order valence-corrected chi connectivity index (χ2v) is 9.92. The first-order chi connectivity index (χ1) is 13.7. The second-order valence-electron chi connectivity index (χ2n) is 6.53. The quantitative estimate of drug-likeness (QED) is 0.517. The zero-order chi connectivity index (χ0) is 22.6. The van der Waals surface area contributed by atoms with E-state index in [9.17, 15) is 31.2 Å². The van der Waals surface area contributed by atoms with Crippen molar-refractivity contribution in [3.63, 3.8) is 0 Å². The molecule has 0 saturated carbocycles. The third-order valence-electron chi connectivity index (χ3n) is 4.31. The van der Waals surface area contributed by atoms with Crippen molar-refractivity contribution in [2.75, 3.05) is 36.7 Å². The normalized spacial score (nSPS) is 19.6. The Kier molecular flexibility index (Phi) is 5.54. The first-order valence-electron chi connectivity index (χ1n) is 8.18. The highest BCUT2D eigenvalue weighted by Crippen LogP contribution is 2.46. The van der Waals surface area contributed by atoms with Crippen LogP contribution in [-0.4, -0.2) is 56.3 Å². The van der Waals surface area contributed by atoms with Gasteiger partial charge < -0.3 is 9.80 Å². The van der Waals surface area contributed by atoms with E-state index >= 15 is 0 Å². The zero-order valence-electron chi connectivity index (χ0n) is 15.8. The van der Waals surface area contributed by atoms with Crippen LogP contribution in [0.5, 0.6) is 0 Å². The van der Waals surface area contributed by atoms with Crippen LogP contribution < -0.4 is 14.5 Å². The number of nitrogens with one attached hydrogen (secondary N) is 1. The van der Waals surface area contributed by atoms with Gasteiger partial charge in [0.1, 0.15) is 21.6 Å². The Morgan fingerprint density at radius 1 is 1.20 bits per heavy atom. The Hall–Kier alpha value is -2.32. The molecule has 0 bridgehead atoms. The number of alkyl halides is 3. The number of thiocarbonyl (C=S) groups is 1. The molecule has 0 atom stereocenters. The number of halogens is 3. The highest BCUT2D eigenvalue weighted by molar-refractivity contribution is 8.26. The van der Waals surface area contributed by atoms with Gasteiger partial charge in [-0.15, -0.1) is 0 Å². The van der Waals surface area contributed by atoms with Gasteiger partial charge in [-0.3, -0.25) is 19.2 Å². The predicted octanol–water partition coefficient (Wildman–Crippen LogP) is 1.70. The van der Waals surface area contributed by atoms with Crippen LogP contribution in [0.2, 0.25) is 0 Å². The molecular formula is C16H15F3N4O4S3. The van der Waals surface area contributed by atoms with Crippen LogP contribution in [0, 0.1) is 0 Å². The third kappa shape index (κ3) is 4.11. The molecule has 1 saturated heterocycles. The van der Waals surface area contributed by atoms with Crippen molar-refractivity contribution in [1.29, 1.82) is 0 Å². The molecule has 162 valence electrons. The van der Waals surface area contributed by atoms with Crippen molar-refractivity contribution in [3.8, 4) is 0 Å². The SMILES string of the molecule is CN1/C(=C2/SC(=S)N(CC(=O)NS(C)(=O)=O)C2=O)N(C)c2cc(C(F)(F)F)ccc21. The second kappa shape index (κ2) is 7.42. The third-order valence-corrected chi connectivity index (χ3v) is 6.34. The van der Waals surface area contributed by atoms with Crippen molar-refractivity contribution in [2.45, 2.75) is 6.18 Å². The van der Waals surface area contributed by atoms with Crippen LogP contribution in [0.15, 0.2) is 28.9 Å². The number of sulfonamides is 1. The van der Waals surface area contributed by atoms with Gasteiger partial charge in [0.2, 0.25) is 10.0 Å². The van der Waals surface area contributed by atoms with Crippen LogP contribution in [-0.2, 0) is 25.8 Å². The fraction of sp³-hybridized carbons (Fsp3) is 0.312. The molecule has 1 N–H and O–H groups in total. The van der Waals surface area contributed by atoms with E-state index in [1.165, 1.54) is 18.0 Å². The van der Waals surface area contributed by atoms with E-state index in [1.807, 2.05) is 0 Å². The summed E-state index contributed by atoms with van der Waals surface area (Å²) in [7, 11) is -0.701. The van der Waals surface area contributed by atoms with E-state index in [2.05, 4.69) is 0 Å². The van der Waals surface area contributed by atoms with Gasteiger partial charge in [-0.1, -0.05) is 24.0 Å². The van der Waals surface area contributed by atoms with Crippen LogP contribution in [0.4, 0.5) is 24.5 Å². The maximum Gasteiger partial charge on any atom is 0.416 e. The summed E-state index contributed by atoms with van der Waals surface area (Å²) in [4.78, 5) is 28.8. The molecule has 1 aromatic carbocycles. The molecule has 14 heteroatoms. The number of anilines is 2. The van der Waals surface area contributed by atoms with Gasteiger partial charge >= 0.3 is 6.18 Å². The monoisotopic (exact) mass is 480 g/mol. The van der Waals surface area contributed by atoms with E-state index < -0.39 is 40.1 Å². The minimum atomic E-state index is -4.52. The fourth-order valence-electron chi connectivity index (χ4n) is 3.06. The maximum atomic E-state index is 13.1. The number of hydrogen-bond acceptors (Lipinski definition) is 8. The lowest BCUT2D eigenvalue weighted by atomic mass is 10.1. The van der Waals surface area contributed by atoms with Crippen molar-refractivity contribution in [1.82, 2.24) is 9.62 Å². The van der Waals surface area contributed by atoms with E-state index in [-0.39, 0.29) is 14.9 Å². The van der Waals surface area contributed by atoms with Gasteiger partial charge in [0.25, 0.3) is 11.8 Å². The molecule has 2 heterocycles. The molecule has 8 nitrogen and oxygen atoms in total. The molecule has 0 spiro atoms. The largest absolute Gasteiger partial charge is 0.416 e. The summed E-state index contributed by atoms with van der Waals surface area (Å²) in [6.45, 7) is -0.604. The molecule has 0 aromatic heterocycles. The van der Waals surface area contributed by atoms with Crippen LogP contribution in [0.3, 0.4) is 0 Å². The van der Waals surface area contributed by atoms with Crippen molar-refractivity contribution < 1.29 is 31.2 Å². The van der Waals surface area contributed by atoms with Gasteiger partial charge in [0.15, 0.2) is 0 Å². The number of thioether (sulfide) groups is 1. The number of nitrogens with zero attached hydrogens (tertiary/aromatic N) is 3. The van der Waals surface area contributed by atoms with Crippen LogP contribution in [0.25, 0.3) is 0 Å². The number of hydrogen-bond donors (Lipinski definition) is 1. The van der Waals surface area contributed by atoms with Crippen LogP contribution >= 0.6 is 24.0 Å². The average Bonchev–Trinajstić information content (AvgIpc) is 3.00. The lowest BCUT2D eigenvalue weighted by molar-refractivity contribution is -0.137. The molecule has 3 rings (SSSR count). The summed E-state index contributed by atoms with van der Waals surface area (Å²) in [6, 6.07) is 3.24. The summed E-state index contributed by atoms with van der Waals surface area (Å²) in [6.07, 6.45) is -3.72. The molecule has 0 aliphatic carbocycles. The standard InChI is InChI=1S/C16H15F3N4O4S3/c1-21-9-5-4-8(16(17,18)19)6-10(9)22(2)13(21)12-14(25)23(15(28)29-12)7-11(24)20-30(3,26)27/h4-6H,7H2,1-3H3,(H,20,24)/b13-12-. The summed E-state index contributed by atoms with van der Waals surface area (Å²) < 4.78 is 63.4. The number of amides is 2. The topological polar surface area (TPSA) is 90.0 Å². The molecule has 2 aliphatic heterocycles. The van der Waals surface area contributed by atoms with E-state index in [0.29, 0.717) is 11.5 Å². The predicted molar refractivity (Wildman–Crippen MR) is 110 cm³/mol. The Balaban J connectivity index is 1.94. The fourth-order valence-corrected chi connectivity index (χ4v) is 4.93. The summed E-state index contributed by atoms with van der Waals surface area (Å²) >= 11 is 6.02. The Bertz CT molecular complexity index is 1100. The summed E-state index contributed by atoms with van der Waals surface area (Å²) in [5, 5.41) is 0. The molecule has 30 heavy (non-hydrogen) atoms. The number of rotatable bonds is 3. The number of benzene rings is 1. The van der Waals surface area contributed by atoms with Gasteiger partial charge in [0, 0.05) is 14.1 Å². The van der Waals surface area contributed by atoms with Gasteiger partial charge in [-0.2, -0.15) is 13.2 Å². The first-order valence-corrected chi connectivity index (χ1v) is 11.3. The average molecular weight is 481 g/mol. The highest BCUT2D eigenvalue weighted by Gasteiger charge is 2.41. The molecule has 1 aromatic rings. The Labute approximate surface area is 179 Å². The minimum absolute atomic E-state index is 0.0277. The number of carbonyl (C=O) groups excluding carboxylic acids is 2. The van der Waals surface area contributed by atoms with Gasteiger partial charge in [-0.25, -0.2) is 8.42 Å². The summed E-state index contributed by atoms with van der Waals surface area (Å²) in [5.41, 5.74) is -0.115. The van der Waals surface area contributed by atoms with Gasteiger partial charge in [-0.05, 0) is 18.2 Å². The smallest absolute Gasteiger partial charge is 0.328 e. The molecule has 1 fully saturated rings. The molecule has 2 amide bonds. The number of fused-ring (bicyclic) bond motifs is 1. The van der Waals surface area contributed by atoms with Crippen molar-refractivity contribution >= 4 is 61.5 Å². The molecular weight excluding hydrogens is 465 g/mol. The van der Waals surface area contributed by atoms with Gasteiger partial charge in [0.05, 0.1) is 23.2 Å². The highest BCUT2D eigenvalue weighted by atomic mass is 32.2. The van der Waals surface area contributed by atoms with E-state index in [1.54, 1.807) is 16.7 Å². The zero-order valence-corrected chi connectivity index (χ0v) is 18.2. The molecule has 2 aliphatic rings. The Morgan fingerprint density at radius 2 is 1.80 bits per heavy atom.